The zero-order valence-electron chi connectivity index (χ0n) is 11.7. The van der Waals surface area contributed by atoms with E-state index in [9.17, 15) is 0 Å². The van der Waals surface area contributed by atoms with E-state index in [0.29, 0.717) is 6.04 Å². The van der Waals surface area contributed by atoms with Crippen molar-refractivity contribution in [1.82, 2.24) is 15.2 Å². The van der Waals surface area contributed by atoms with Crippen LogP contribution in [0.2, 0.25) is 0 Å². The zero-order chi connectivity index (χ0) is 13.0. The number of rotatable bonds is 4. The summed E-state index contributed by atoms with van der Waals surface area (Å²) in [6.07, 6.45) is 4.34. The quantitative estimate of drug-likeness (QED) is 0.871. The van der Waals surface area contributed by atoms with Crippen molar-refractivity contribution in [2.75, 3.05) is 39.1 Å². The molecule has 1 aliphatic rings. The minimum atomic E-state index is 0.617. The van der Waals surface area contributed by atoms with Gasteiger partial charge in [-0.3, -0.25) is 0 Å². The lowest BCUT2D eigenvalue weighted by molar-refractivity contribution is 0.252. The third-order valence-electron chi connectivity index (χ3n) is 3.80. The highest BCUT2D eigenvalue weighted by molar-refractivity contribution is 5.47. The van der Waals surface area contributed by atoms with Gasteiger partial charge in [0, 0.05) is 31.4 Å². The summed E-state index contributed by atoms with van der Waals surface area (Å²) in [4.78, 5) is 9.32. The Morgan fingerprint density at radius 2 is 2.17 bits per heavy atom. The van der Waals surface area contributed by atoms with E-state index in [-0.39, 0.29) is 0 Å². The van der Waals surface area contributed by atoms with Crippen LogP contribution in [0.3, 0.4) is 0 Å². The van der Waals surface area contributed by atoms with Gasteiger partial charge < -0.3 is 15.1 Å². The first-order valence-electron chi connectivity index (χ1n) is 6.72. The lowest BCUT2D eigenvalue weighted by Crippen LogP contribution is -2.42. The monoisotopic (exact) mass is 248 g/mol. The average Bonchev–Trinajstić information content (AvgIpc) is 2.40. The normalized spacial score (nSPS) is 17.9. The molecule has 0 aromatic carbocycles. The van der Waals surface area contributed by atoms with Crippen LogP contribution in [0.15, 0.2) is 18.3 Å². The van der Waals surface area contributed by atoms with Gasteiger partial charge in [0.25, 0.3) is 0 Å². The van der Waals surface area contributed by atoms with Crippen LogP contribution in [-0.4, -0.2) is 50.2 Å². The van der Waals surface area contributed by atoms with Crippen molar-refractivity contribution >= 4 is 5.82 Å². The smallest absolute Gasteiger partial charge is 0.133 e. The number of hydrogen-bond acceptors (Lipinski definition) is 4. The van der Waals surface area contributed by atoms with Crippen molar-refractivity contribution in [3.63, 3.8) is 0 Å². The summed E-state index contributed by atoms with van der Waals surface area (Å²) in [6.45, 7) is 3.24. The van der Waals surface area contributed by atoms with E-state index in [0.717, 1.165) is 12.4 Å². The van der Waals surface area contributed by atoms with E-state index in [1.54, 1.807) is 0 Å². The predicted octanol–water partition coefficient (Wildman–Crippen LogP) is 1.33. The lowest BCUT2D eigenvalue weighted by atomic mass is 10.0. The second-order valence-electron chi connectivity index (χ2n) is 5.16. The van der Waals surface area contributed by atoms with E-state index in [4.69, 9.17) is 0 Å². The Bertz CT molecular complexity index is 372. The molecule has 1 saturated heterocycles. The fourth-order valence-electron chi connectivity index (χ4n) is 2.63. The summed E-state index contributed by atoms with van der Waals surface area (Å²) in [6, 6.07) is 4.79. The van der Waals surface area contributed by atoms with Crippen molar-refractivity contribution in [2.45, 2.75) is 25.4 Å². The van der Waals surface area contributed by atoms with Crippen molar-refractivity contribution in [3.8, 4) is 0 Å². The molecule has 2 heterocycles. The summed E-state index contributed by atoms with van der Waals surface area (Å²) in [7, 11) is 6.35. The summed E-state index contributed by atoms with van der Waals surface area (Å²) >= 11 is 0. The molecule has 4 heteroatoms. The van der Waals surface area contributed by atoms with E-state index in [1.165, 1.54) is 31.5 Å². The average molecular weight is 248 g/mol. The molecule has 0 atom stereocenters. The number of anilines is 1. The Hall–Kier alpha value is -1.13. The first-order chi connectivity index (χ1) is 8.72. The van der Waals surface area contributed by atoms with E-state index in [2.05, 4.69) is 40.3 Å². The maximum absolute atomic E-state index is 4.56. The minimum Gasteiger partial charge on any atom is -0.356 e. The molecule has 18 heavy (non-hydrogen) atoms. The fraction of sp³-hybridized carbons (Fsp3) is 0.643. The molecule has 0 saturated carbocycles. The van der Waals surface area contributed by atoms with Crippen LogP contribution in [0.25, 0.3) is 0 Å². The molecular weight excluding hydrogens is 224 g/mol. The number of nitrogens with zero attached hydrogens (tertiary/aromatic N) is 3. The van der Waals surface area contributed by atoms with Crippen molar-refractivity contribution in [1.29, 1.82) is 0 Å². The van der Waals surface area contributed by atoms with Crippen LogP contribution in [0.1, 0.15) is 18.4 Å². The summed E-state index contributed by atoms with van der Waals surface area (Å²) in [5, 5.41) is 3.21. The molecule has 0 bridgehead atoms. The second-order valence-corrected chi connectivity index (χ2v) is 5.16. The Morgan fingerprint density at radius 1 is 1.44 bits per heavy atom. The summed E-state index contributed by atoms with van der Waals surface area (Å²) < 4.78 is 0. The number of likely N-dealkylation sites (tertiary alicyclic amines) is 1. The largest absolute Gasteiger partial charge is 0.356 e. The van der Waals surface area contributed by atoms with Gasteiger partial charge >= 0.3 is 0 Å². The van der Waals surface area contributed by atoms with Gasteiger partial charge in [-0.25, -0.2) is 4.98 Å². The molecule has 2 rings (SSSR count). The standard InChI is InChI=1S/C14H24N4/c1-15-11-12-5-4-8-16-14(12)18(3)13-6-9-17(2)10-7-13/h4-5,8,13,15H,6-7,9-11H2,1-3H3. The number of aromatic nitrogens is 1. The molecule has 1 aliphatic heterocycles. The van der Waals surface area contributed by atoms with E-state index in [1.807, 2.05) is 19.3 Å². The highest BCUT2D eigenvalue weighted by Crippen LogP contribution is 2.22. The Labute approximate surface area is 110 Å². The predicted molar refractivity (Wildman–Crippen MR) is 75.9 cm³/mol. The third-order valence-corrected chi connectivity index (χ3v) is 3.80. The number of piperidine rings is 1. The topological polar surface area (TPSA) is 31.4 Å². The highest BCUT2D eigenvalue weighted by Gasteiger charge is 2.22. The van der Waals surface area contributed by atoms with Gasteiger partial charge in [0.15, 0.2) is 0 Å². The first-order valence-corrected chi connectivity index (χ1v) is 6.72. The van der Waals surface area contributed by atoms with Crippen LogP contribution in [0, 0.1) is 0 Å². The molecule has 0 amide bonds. The number of pyridine rings is 1. The maximum Gasteiger partial charge on any atom is 0.133 e. The van der Waals surface area contributed by atoms with Crippen LogP contribution >= 0.6 is 0 Å². The first kappa shape index (κ1) is 13.3. The molecule has 1 aromatic rings. The molecule has 4 nitrogen and oxygen atoms in total. The molecule has 1 N–H and O–H groups in total. The van der Waals surface area contributed by atoms with Crippen LogP contribution in [-0.2, 0) is 6.54 Å². The maximum atomic E-state index is 4.56. The van der Waals surface area contributed by atoms with Gasteiger partial charge in [-0.05, 0) is 46.1 Å². The lowest BCUT2D eigenvalue weighted by Gasteiger charge is -2.36. The molecule has 0 unspecified atom stereocenters. The van der Waals surface area contributed by atoms with Gasteiger partial charge in [0.1, 0.15) is 5.82 Å². The summed E-state index contributed by atoms with van der Waals surface area (Å²) in [5.74, 6) is 1.13. The van der Waals surface area contributed by atoms with E-state index >= 15 is 0 Å². The molecular formula is C14H24N4. The number of hydrogen-bond donors (Lipinski definition) is 1. The molecule has 1 fully saturated rings. The molecule has 0 radical (unpaired) electrons. The molecule has 0 aliphatic carbocycles. The van der Waals surface area contributed by atoms with Gasteiger partial charge in [-0.2, -0.15) is 0 Å². The molecule has 100 valence electrons. The highest BCUT2D eigenvalue weighted by atomic mass is 15.2. The Kier molecular flexibility index (Phi) is 4.55. The van der Waals surface area contributed by atoms with Crippen molar-refractivity contribution in [2.24, 2.45) is 0 Å². The second kappa shape index (κ2) is 6.16. The fourth-order valence-corrected chi connectivity index (χ4v) is 2.63. The Morgan fingerprint density at radius 3 is 2.83 bits per heavy atom. The minimum absolute atomic E-state index is 0.617. The van der Waals surface area contributed by atoms with Gasteiger partial charge in [0.2, 0.25) is 0 Å². The van der Waals surface area contributed by atoms with Gasteiger partial charge in [0.05, 0.1) is 0 Å². The zero-order valence-corrected chi connectivity index (χ0v) is 11.7. The molecule has 0 spiro atoms. The van der Waals surface area contributed by atoms with Gasteiger partial charge in [-0.15, -0.1) is 0 Å². The molecule has 1 aromatic heterocycles. The van der Waals surface area contributed by atoms with Crippen LogP contribution in [0.4, 0.5) is 5.82 Å². The Balaban J connectivity index is 2.10. The summed E-state index contributed by atoms with van der Waals surface area (Å²) in [5.41, 5.74) is 1.28. The third kappa shape index (κ3) is 3.00. The van der Waals surface area contributed by atoms with Gasteiger partial charge in [-0.1, -0.05) is 6.07 Å². The van der Waals surface area contributed by atoms with Crippen molar-refractivity contribution in [3.05, 3.63) is 23.9 Å². The number of nitrogens with one attached hydrogen (secondary N) is 1. The van der Waals surface area contributed by atoms with Crippen LogP contribution < -0.4 is 10.2 Å². The van der Waals surface area contributed by atoms with Crippen LogP contribution in [0.5, 0.6) is 0 Å². The van der Waals surface area contributed by atoms with Crippen molar-refractivity contribution < 1.29 is 0 Å². The SMILES string of the molecule is CNCc1cccnc1N(C)C1CCN(C)CC1. The van der Waals surface area contributed by atoms with E-state index < -0.39 is 0 Å².